The maximum Gasteiger partial charge on any atom is 0.244 e. The molecule has 33 heavy (non-hydrogen) atoms. The van der Waals surface area contributed by atoms with Gasteiger partial charge < -0.3 is 14.5 Å². The second-order valence-corrected chi connectivity index (χ2v) is 9.31. The second kappa shape index (κ2) is 8.83. The van der Waals surface area contributed by atoms with Crippen LogP contribution in [0.3, 0.4) is 0 Å². The Balaban J connectivity index is 1.24. The zero-order valence-corrected chi connectivity index (χ0v) is 19.9. The highest BCUT2D eigenvalue weighted by Gasteiger charge is 2.41. The predicted octanol–water partition coefficient (Wildman–Crippen LogP) is 3.56. The van der Waals surface area contributed by atoms with E-state index in [1.165, 1.54) is 0 Å². The number of hydrogen-bond donors (Lipinski definition) is 0. The maximum absolute atomic E-state index is 13.1. The minimum Gasteiger partial charge on any atom is -0.495 e. The SMILES string of the molecule is COc1cc(N2CC3CN(C(=O)Cn4nc(-c5ncccn5)c(Cl)c4C)CC3C2)ccc1Cl. The van der Waals surface area contributed by atoms with E-state index in [9.17, 15) is 4.79 Å². The van der Waals surface area contributed by atoms with Gasteiger partial charge in [-0.15, -0.1) is 0 Å². The van der Waals surface area contributed by atoms with Gasteiger partial charge in [0.1, 0.15) is 18.0 Å². The van der Waals surface area contributed by atoms with Gasteiger partial charge in [-0.2, -0.15) is 5.10 Å². The van der Waals surface area contributed by atoms with Crippen LogP contribution in [0.15, 0.2) is 36.7 Å². The van der Waals surface area contributed by atoms with Crippen LogP contribution in [0.4, 0.5) is 5.69 Å². The fourth-order valence-electron chi connectivity index (χ4n) is 4.72. The zero-order chi connectivity index (χ0) is 23.1. The average molecular weight is 487 g/mol. The molecule has 0 N–H and O–H groups in total. The highest BCUT2D eigenvalue weighted by atomic mass is 35.5. The van der Waals surface area contributed by atoms with Crippen LogP contribution in [0.2, 0.25) is 10.0 Å². The summed E-state index contributed by atoms with van der Waals surface area (Å²) in [6, 6.07) is 7.60. The van der Waals surface area contributed by atoms with E-state index >= 15 is 0 Å². The van der Waals surface area contributed by atoms with Gasteiger partial charge in [-0.05, 0) is 25.1 Å². The molecule has 2 atom stereocenters. The Morgan fingerprint density at radius 3 is 2.48 bits per heavy atom. The quantitative estimate of drug-likeness (QED) is 0.548. The first kappa shape index (κ1) is 22.0. The molecule has 1 aromatic carbocycles. The number of methoxy groups -OCH3 is 1. The number of amides is 1. The fourth-order valence-corrected chi connectivity index (χ4v) is 5.14. The fraction of sp³-hybridized carbons (Fsp3) is 0.391. The number of fused-ring (bicyclic) bond motifs is 1. The highest BCUT2D eigenvalue weighted by molar-refractivity contribution is 6.33. The first-order chi connectivity index (χ1) is 15.9. The molecule has 5 rings (SSSR count). The number of ether oxygens (including phenoxy) is 1. The minimum atomic E-state index is 0.0481. The molecule has 0 aliphatic carbocycles. The second-order valence-electron chi connectivity index (χ2n) is 8.52. The number of carbonyl (C=O) groups excluding carboxylic acids is 1. The molecule has 2 aliphatic rings. The normalized spacial score (nSPS) is 19.8. The summed E-state index contributed by atoms with van der Waals surface area (Å²) in [5.41, 5.74) is 2.32. The van der Waals surface area contributed by atoms with Crippen molar-refractivity contribution in [2.75, 3.05) is 38.2 Å². The molecule has 2 aromatic heterocycles. The van der Waals surface area contributed by atoms with E-state index in [4.69, 9.17) is 27.9 Å². The van der Waals surface area contributed by atoms with Gasteiger partial charge in [0.05, 0.1) is 22.8 Å². The molecular weight excluding hydrogens is 463 g/mol. The summed E-state index contributed by atoms with van der Waals surface area (Å²) in [6.45, 7) is 5.30. The summed E-state index contributed by atoms with van der Waals surface area (Å²) >= 11 is 12.6. The van der Waals surface area contributed by atoms with Crippen molar-refractivity contribution >= 4 is 34.8 Å². The average Bonchev–Trinajstić information content (AvgIpc) is 3.48. The van der Waals surface area contributed by atoms with E-state index < -0.39 is 0 Å². The minimum absolute atomic E-state index is 0.0481. The van der Waals surface area contributed by atoms with Crippen molar-refractivity contribution in [1.82, 2.24) is 24.6 Å². The van der Waals surface area contributed by atoms with Crippen molar-refractivity contribution in [3.63, 3.8) is 0 Å². The van der Waals surface area contributed by atoms with Crippen molar-refractivity contribution in [3.05, 3.63) is 52.4 Å². The van der Waals surface area contributed by atoms with Gasteiger partial charge in [-0.1, -0.05) is 23.2 Å². The third-order valence-corrected chi connectivity index (χ3v) is 7.30. The molecule has 1 amide bonds. The van der Waals surface area contributed by atoms with E-state index in [-0.39, 0.29) is 12.5 Å². The molecule has 0 saturated carbocycles. The summed E-state index contributed by atoms with van der Waals surface area (Å²) < 4.78 is 7.00. The van der Waals surface area contributed by atoms with Crippen LogP contribution in [0, 0.1) is 18.8 Å². The number of hydrogen-bond acceptors (Lipinski definition) is 6. The van der Waals surface area contributed by atoms with Crippen molar-refractivity contribution in [2.24, 2.45) is 11.8 Å². The Morgan fingerprint density at radius 2 is 1.82 bits per heavy atom. The molecule has 10 heteroatoms. The molecule has 0 radical (unpaired) electrons. The van der Waals surface area contributed by atoms with E-state index in [1.54, 1.807) is 30.3 Å². The van der Waals surface area contributed by atoms with Crippen molar-refractivity contribution in [2.45, 2.75) is 13.5 Å². The first-order valence-electron chi connectivity index (χ1n) is 10.8. The highest BCUT2D eigenvalue weighted by Crippen LogP contribution is 2.37. The molecular formula is C23H24Cl2N6O2. The van der Waals surface area contributed by atoms with Gasteiger partial charge >= 0.3 is 0 Å². The lowest BCUT2D eigenvalue weighted by Crippen LogP contribution is -2.35. The van der Waals surface area contributed by atoms with Gasteiger partial charge in [0, 0.05) is 62.2 Å². The van der Waals surface area contributed by atoms with Crippen molar-refractivity contribution in [1.29, 1.82) is 0 Å². The number of benzene rings is 1. The number of anilines is 1. The Bertz CT molecular complexity index is 1170. The number of rotatable bonds is 5. The van der Waals surface area contributed by atoms with Crippen LogP contribution in [0.5, 0.6) is 5.75 Å². The van der Waals surface area contributed by atoms with E-state index in [1.807, 2.05) is 30.0 Å². The summed E-state index contributed by atoms with van der Waals surface area (Å²) in [5, 5.41) is 5.60. The first-order valence-corrected chi connectivity index (χ1v) is 11.6. The third kappa shape index (κ3) is 4.13. The number of halogens is 2. The molecule has 2 aliphatic heterocycles. The van der Waals surface area contributed by atoms with Crippen LogP contribution in [0.1, 0.15) is 5.69 Å². The van der Waals surface area contributed by atoms with Crippen LogP contribution in [-0.4, -0.2) is 63.8 Å². The Kier molecular flexibility index (Phi) is 5.88. The predicted molar refractivity (Wildman–Crippen MR) is 127 cm³/mol. The molecule has 2 unspecified atom stereocenters. The topological polar surface area (TPSA) is 76.4 Å². The monoisotopic (exact) mass is 486 g/mol. The standard InChI is InChI=1S/C23H24Cl2N6O2/c1-14-21(25)22(23-26-6-3-7-27-23)28-31(14)13-20(32)30-11-15-9-29(10-16(15)12-30)17-4-5-18(24)19(8-17)33-2/h3-8,15-16H,9-13H2,1-2H3. The van der Waals surface area contributed by atoms with E-state index in [0.717, 1.165) is 37.6 Å². The Labute approximate surface area is 202 Å². The number of aromatic nitrogens is 4. The molecule has 4 heterocycles. The number of likely N-dealkylation sites (tertiary alicyclic amines) is 1. The zero-order valence-electron chi connectivity index (χ0n) is 18.4. The lowest BCUT2D eigenvalue weighted by molar-refractivity contribution is -0.131. The van der Waals surface area contributed by atoms with Crippen LogP contribution in [0.25, 0.3) is 11.5 Å². The van der Waals surface area contributed by atoms with Gasteiger partial charge in [0.25, 0.3) is 0 Å². The lowest BCUT2D eigenvalue weighted by atomic mass is 10.0. The largest absolute Gasteiger partial charge is 0.495 e. The summed E-state index contributed by atoms with van der Waals surface area (Å²) in [6.07, 6.45) is 3.29. The smallest absolute Gasteiger partial charge is 0.244 e. The Hall–Kier alpha value is -2.84. The molecule has 2 saturated heterocycles. The molecule has 2 fully saturated rings. The maximum atomic E-state index is 13.1. The summed E-state index contributed by atoms with van der Waals surface area (Å²) in [7, 11) is 1.62. The van der Waals surface area contributed by atoms with E-state index in [2.05, 4.69) is 20.0 Å². The van der Waals surface area contributed by atoms with Crippen molar-refractivity contribution < 1.29 is 9.53 Å². The van der Waals surface area contributed by atoms with E-state index in [0.29, 0.717) is 39.1 Å². The van der Waals surface area contributed by atoms with Crippen LogP contribution in [-0.2, 0) is 11.3 Å². The van der Waals surface area contributed by atoms with Crippen LogP contribution < -0.4 is 9.64 Å². The molecule has 8 nitrogen and oxygen atoms in total. The van der Waals surface area contributed by atoms with Crippen LogP contribution >= 0.6 is 23.2 Å². The summed E-state index contributed by atoms with van der Waals surface area (Å²) in [5.74, 6) is 2.05. The molecule has 0 spiro atoms. The number of nitrogens with zero attached hydrogens (tertiary/aromatic N) is 6. The summed E-state index contributed by atoms with van der Waals surface area (Å²) in [4.78, 5) is 25.8. The molecule has 3 aromatic rings. The number of carbonyl (C=O) groups is 1. The lowest BCUT2D eigenvalue weighted by Gasteiger charge is -2.24. The third-order valence-electron chi connectivity index (χ3n) is 6.53. The van der Waals surface area contributed by atoms with Gasteiger partial charge in [0.2, 0.25) is 5.91 Å². The molecule has 172 valence electrons. The van der Waals surface area contributed by atoms with Crippen molar-refractivity contribution in [3.8, 4) is 17.3 Å². The van der Waals surface area contributed by atoms with Gasteiger partial charge in [-0.3, -0.25) is 9.48 Å². The Morgan fingerprint density at radius 1 is 1.12 bits per heavy atom. The van der Waals surface area contributed by atoms with Gasteiger partial charge in [-0.25, -0.2) is 9.97 Å². The van der Waals surface area contributed by atoms with Gasteiger partial charge in [0.15, 0.2) is 5.82 Å². The molecule has 0 bridgehead atoms.